The first kappa shape index (κ1) is 13.1. The summed E-state index contributed by atoms with van der Waals surface area (Å²) in [7, 11) is 0. The molecule has 0 aliphatic carbocycles. The topological polar surface area (TPSA) is 69.8 Å². The first-order chi connectivity index (χ1) is 9.08. The summed E-state index contributed by atoms with van der Waals surface area (Å²) >= 11 is 0. The summed E-state index contributed by atoms with van der Waals surface area (Å²) in [4.78, 5) is 12.3. The lowest BCUT2D eigenvalue weighted by molar-refractivity contribution is 0.102. The van der Waals surface area contributed by atoms with Crippen molar-refractivity contribution in [2.75, 3.05) is 10.6 Å². The Labute approximate surface area is 112 Å². The molecule has 100 valence electrons. The van der Waals surface area contributed by atoms with Gasteiger partial charge in [-0.1, -0.05) is 12.1 Å². The second kappa shape index (κ2) is 5.56. The van der Waals surface area contributed by atoms with Gasteiger partial charge < -0.3 is 10.6 Å². The monoisotopic (exact) mass is 258 g/mol. The van der Waals surface area contributed by atoms with Crippen LogP contribution in [-0.2, 0) is 0 Å². The molecule has 3 N–H and O–H groups in total. The van der Waals surface area contributed by atoms with E-state index in [1.807, 2.05) is 39.0 Å². The molecule has 0 fully saturated rings. The van der Waals surface area contributed by atoms with Gasteiger partial charge in [0, 0.05) is 17.3 Å². The maximum Gasteiger partial charge on any atom is 0.258 e. The summed E-state index contributed by atoms with van der Waals surface area (Å²) in [5.74, 6) is 0.473. The Kier molecular flexibility index (Phi) is 3.85. The maximum absolute atomic E-state index is 12.3. The minimum absolute atomic E-state index is 0.156. The average Bonchev–Trinajstić information content (AvgIpc) is 2.75. The average molecular weight is 258 g/mol. The van der Waals surface area contributed by atoms with Crippen LogP contribution in [-0.4, -0.2) is 22.1 Å². The lowest BCUT2D eigenvalue weighted by Crippen LogP contribution is -2.18. The van der Waals surface area contributed by atoms with Crippen molar-refractivity contribution in [3.63, 3.8) is 0 Å². The van der Waals surface area contributed by atoms with Crippen molar-refractivity contribution in [2.45, 2.75) is 26.8 Å². The highest BCUT2D eigenvalue weighted by Gasteiger charge is 2.13. The molecular weight excluding hydrogens is 240 g/mol. The molecular formula is C14H18N4O. The molecule has 0 spiro atoms. The molecule has 0 unspecified atom stereocenters. The highest BCUT2D eigenvalue weighted by atomic mass is 16.1. The van der Waals surface area contributed by atoms with Crippen LogP contribution in [0.25, 0.3) is 0 Å². The molecule has 1 aromatic heterocycles. The number of hydrogen-bond donors (Lipinski definition) is 3. The molecule has 0 bridgehead atoms. The van der Waals surface area contributed by atoms with Crippen molar-refractivity contribution in [1.29, 1.82) is 0 Å². The number of para-hydroxylation sites is 1. The van der Waals surface area contributed by atoms with Crippen molar-refractivity contribution in [3.05, 3.63) is 41.6 Å². The van der Waals surface area contributed by atoms with E-state index in [1.165, 1.54) is 0 Å². The fourth-order valence-corrected chi connectivity index (χ4v) is 1.77. The predicted octanol–water partition coefficient (Wildman–Crippen LogP) is 2.79. The zero-order valence-electron chi connectivity index (χ0n) is 11.3. The van der Waals surface area contributed by atoms with Crippen LogP contribution in [0.3, 0.4) is 0 Å². The number of benzene rings is 1. The quantitative estimate of drug-likeness (QED) is 0.789. The maximum atomic E-state index is 12.3. The molecule has 0 radical (unpaired) electrons. The predicted molar refractivity (Wildman–Crippen MR) is 76.5 cm³/mol. The van der Waals surface area contributed by atoms with Gasteiger partial charge in [-0.25, -0.2) is 0 Å². The van der Waals surface area contributed by atoms with Crippen molar-refractivity contribution in [1.82, 2.24) is 10.2 Å². The molecule has 0 saturated carbocycles. The number of carbonyl (C=O) groups is 1. The number of aromatic amines is 1. The van der Waals surface area contributed by atoms with Crippen LogP contribution in [0.15, 0.2) is 30.5 Å². The molecule has 1 aromatic carbocycles. The standard InChI is InChI=1S/C14H18N4O/c1-9(2)16-12-7-5-4-6-11(12)14(19)17-13-10(3)8-15-18-13/h4-9,16H,1-3H3,(H2,15,17,18,19). The third kappa shape index (κ3) is 3.13. The summed E-state index contributed by atoms with van der Waals surface area (Å²) in [6.45, 7) is 5.96. The third-order valence-corrected chi connectivity index (χ3v) is 2.68. The molecule has 5 nitrogen and oxygen atoms in total. The largest absolute Gasteiger partial charge is 0.382 e. The molecule has 5 heteroatoms. The Morgan fingerprint density at radius 3 is 2.68 bits per heavy atom. The van der Waals surface area contributed by atoms with Crippen molar-refractivity contribution < 1.29 is 4.79 Å². The SMILES string of the molecule is Cc1cn[nH]c1NC(=O)c1ccccc1NC(C)C. The van der Waals surface area contributed by atoms with Gasteiger partial charge in [0.1, 0.15) is 5.82 Å². The summed E-state index contributed by atoms with van der Waals surface area (Å²) in [5, 5.41) is 12.7. The first-order valence-corrected chi connectivity index (χ1v) is 6.25. The van der Waals surface area contributed by atoms with E-state index in [1.54, 1.807) is 12.3 Å². The number of rotatable bonds is 4. The van der Waals surface area contributed by atoms with Gasteiger partial charge in [0.05, 0.1) is 11.8 Å². The smallest absolute Gasteiger partial charge is 0.258 e. The molecule has 2 rings (SSSR count). The van der Waals surface area contributed by atoms with E-state index in [9.17, 15) is 4.79 Å². The minimum atomic E-state index is -0.156. The molecule has 0 saturated heterocycles. The van der Waals surface area contributed by atoms with Gasteiger partial charge in [-0.05, 0) is 32.9 Å². The summed E-state index contributed by atoms with van der Waals surface area (Å²) in [6, 6.07) is 7.71. The molecule has 0 atom stereocenters. The molecule has 19 heavy (non-hydrogen) atoms. The van der Waals surface area contributed by atoms with E-state index in [-0.39, 0.29) is 11.9 Å². The highest BCUT2D eigenvalue weighted by Crippen LogP contribution is 2.18. The van der Waals surface area contributed by atoms with E-state index < -0.39 is 0 Å². The Hall–Kier alpha value is -2.30. The Morgan fingerprint density at radius 2 is 2.05 bits per heavy atom. The number of carbonyl (C=O) groups excluding carboxylic acids is 1. The van der Waals surface area contributed by atoms with E-state index in [2.05, 4.69) is 20.8 Å². The number of H-pyrrole nitrogens is 1. The van der Waals surface area contributed by atoms with Gasteiger partial charge in [-0.15, -0.1) is 0 Å². The second-order valence-electron chi connectivity index (χ2n) is 4.73. The van der Waals surface area contributed by atoms with Crippen molar-refractivity contribution in [3.8, 4) is 0 Å². The lowest BCUT2D eigenvalue weighted by atomic mass is 10.1. The van der Waals surface area contributed by atoms with Crippen LogP contribution in [0.1, 0.15) is 29.8 Å². The van der Waals surface area contributed by atoms with Crippen molar-refractivity contribution >= 4 is 17.4 Å². The van der Waals surface area contributed by atoms with Crippen LogP contribution < -0.4 is 10.6 Å². The van der Waals surface area contributed by atoms with Gasteiger partial charge in [-0.2, -0.15) is 5.10 Å². The Morgan fingerprint density at radius 1 is 1.32 bits per heavy atom. The zero-order valence-corrected chi connectivity index (χ0v) is 11.3. The van der Waals surface area contributed by atoms with Gasteiger partial charge >= 0.3 is 0 Å². The first-order valence-electron chi connectivity index (χ1n) is 6.25. The summed E-state index contributed by atoms with van der Waals surface area (Å²) in [5.41, 5.74) is 2.35. The number of nitrogens with zero attached hydrogens (tertiary/aromatic N) is 1. The number of anilines is 2. The third-order valence-electron chi connectivity index (χ3n) is 2.68. The van der Waals surface area contributed by atoms with Crippen LogP contribution in [0.4, 0.5) is 11.5 Å². The van der Waals surface area contributed by atoms with Gasteiger partial charge in [0.2, 0.25) is 0 Å². The minimum Gasteiger partial charge on any atom is -0.382 e. The van der Waals surface area contributed by atoms with Gasteiger partial charge in [-0.3, -0.25) is 9.89 Å². The lowest BCUT2D eigenvalue weighted by Gasteiger charge is -2.14. The summed E-state index contributed by atoms with van der Waals surface area (Å²) < 4.78 is 0. The number of aromatic nitrogens is 2. The Bertz CT molecular complexity index is 574. The van der Waals surface area contributed by atoms with E-state index in [4.69, 9.17) is 0 Å². The van der Waals surface area contributed by atoms with Crippen LogP contribution in [0.5, 0.6) is 0 Å². The van der Waals surface area contributed by atoms with E-state index in [0.717, 1.165) is 11.3 Å². The van der Waals surface area contributed by atoms with E-state index >= 15 is 0 Å². The van der Waals surface area contributed by atoms with Crippen LogP contribution in [0, 0.1) is 6.92 Å². The fourth-order valence-electron chi connectivity index (χ4n) is 1.77. The number of nitrogens with one attached hydrogen (secondary N) is 3. The normalized spacial score (nSPS) is 10.5. The molecule has 0 aliphatic rings. The number of amides is 1. The molecule has 1 heterocycles. The van der Waals surface area contributed by atoms with E-state index in [0.29, 0.717) is 11.4 Å². The number of aryl methyl sites for hydroxylation is 1. The second-order valence-corrected chi connectivity index (χ2v) is 4.73. The molecule has 0 aliphatic heterocycles. The molecule has 1 amide bonds. The fraction of sp³-hybridized carbons (Fsp3) is 0.286. The molecule has 2 aromatic rings. The van der Waals surface area contributed by atoms with Gasteiger partial charge in [0.25, 0.3) is 5.91 Å². The number of hydrogen-bond acceptors (Lipinski definition) is 3. The highest BCUT2D eigenvalue weighted by molar-refractivity contribution is 6.07. The van der Waals surface area contributed by atoms with Crippen LogP contribution in [0.2, 0.25) is 0 Å². The Balaban J connectivity index is 2.21. The zero-order chi connectivity index (χ0) is 13.8. The summed E-state index contributed by atoms with van der Waals surface area (Å²) in [6.07, 6.45) is 1.67. The van der Waals surface area contributed by atoms with Crippen LogP contribution >= 0.6 is 0 Å². The van der Waals surface area contributed by atoms with Crippen molar-refractivity contribution in [2.24, 2.45) is 0 Å². The van der Waals surface area contributed by atoms with Gasteiger partial charge in [0.15, 0.2) is 0 Å².